The third-order valence-electron chi connectivity index (χ3n) is 10.1. The molecule has 56 heavy (non-hydrogen) atoms. The minimum Gasteiger partial charge on any atom is -0.456 e. The number of furan rings is 1. The van der Waals surface area contributed by atoms with E-state index >= 15 is 0 Å². The van der Waals surface area contributed by atoms with Crippen molar-refractivity contribution in [2.75, 3.05) is 4.90 Å². The largest absolute Gasteiger partial charge is 0.456 e. The molecule has 0 fully saturated rings. The number of nitrogens with zero attached hydrogens (tertiary/aromatic N) is 4. The molecule has 8 aromatic carbocycles. The van der Waals surface area contributed by atoms with E-state index in [0.717, 1.165) is 66.8 Å². The molecule has 0 amide bonds. The molecule has 0 aliphatic heterocycles. The summed E-state index contributed by atoms with van der Waals surface area (Å²) < 4.78 is 6.69. The third kappa shape index (κ3) is 6.17. The molecule has 2 heterocycles. The number of hydrogen-bond donors (Lipinski definition) is 0. The van der Waals surface area contributed by atoms with Crippen LogP contribution in [0.4, 0.5) is 17.1 Å². The average Bonchev–Trinajstić information content (AvgIpc) is 3.67. The third-order valence-corrected chi connectivity index (χ3v) is 10.1. The van der Waals surface area contributed by atoms with Gasteiger partial charge in [0, 0.05) is 33.5 Å². The first-order chi connectivity index (χ1) is 27.8. The van der Waals surface area contributed by atoms with Crippen LogP contribution in [0.1, 0.15) is 0 Å². The van der Waals surface area contributed by atoms with Crippen LogP contribution in [0.3, 0.4) is 0 Å². The predicted molar refractivity (Wildman–Crippen MR) is 229 cm³/mol. The highest BCUT2D eigenvalue weighted by Gasteiger charge is 2.21. The molecule has 0 N–H and O–H groups in total. The molecule has 2 aromatic heterocycles. The van der Waals surface area contributed by atoms with Gasteiger partial charge in [-0.3, -0.25) is 0 Å². The van der Waals surface area contributed by atoms with Crippen LogP contribution in [-0.4, -0.2) is 15.0 Å². The fourth-order valence-corrected chi connectivity index (χ4v) is 7.46. The number of hydrogen-bond acceptors (Lipinski definition) is 5. The Kier molecular flexibility index (Phi) is 8.43. The molecule has 0 bridgehead atoms. The summed E-state index contributed by atoms with van der Waals surface area (Å²) in [4.78, 5) is 17.3. The van der Waals surface area contributed by atoms with Gasteiger partial charge in [-0.05, 0) is 70.8 Å². The highest BCUT2D eigenvalue weighted by molar-refractivity contribution is 6.14. The number of rotatable bonds is 8. The summed E-state index contributed by atoms with van der Waals surface area (Å²) in [6.07, 6.45) is 0. The summed E-state index contributed by atoms with van der Waals surface area (Å²) in [7, 11) is 0. The van der Waals surface area contributed by atoms with Crippen LogP contribution in [0.25, 0.3) is 78.4 Å². The van der Waals surface area contributed by atoms with Crippen molar-refractivity contribution in [2.45, 2.75) is 0 Å². The van der Waals surface area contributed by atoms with Crippen molar-refractivity contribution in [3.05, 3.63) is 206 Å². The van der Waals surface area contributed by atoms with Crippen LogP contribution in [0.2, 0.25) is 0 Å². The molecule has 0 atom stereocenters. The van der Waals surface area contributed by atoms with Crippen LogP contribution in [0, 0.1) is 0 Å². The lowest BCUT2D eigenvalue weighted by molar-refractivity contribution is 0.669. The van der Waals surface area contributed by atoms with Gasteiger partial charge in [0.1, 0.15) is 11.2 Å². The minimum absolute atomic E-state index is 0.608. The van der Waals surface area contributed by atoms with E-state index < -0.39 is 0 Å². The summed E-state index contributed by atoms with van der Waals surface area (Å²) >= 11 is 0. The number of benzene rings is 8. The van der Waals surface area contributed by atoms with E-state index in [4.69, 9.17) is 19.4 Å². The van der Waals surface area contributed by atoms with Crippen molar-refractivity contribution in [1.29, 1.82) is 0 Å². The lowest BCUT2D eigenvalue weighted by Crippen LogP contribution is -2.10. The van der Waals surface area contributed by atoms with Crippen molar-refractivity contribution in [3.63, 3.8) is 0 Å². The van der Waals surface area contributed by atoms with Gasteiger partial charge >= 0.3 is 0 Å². The van der Waals surface area contributed by atoms with Crippen LogP contribution in [0.5, 0.6) is 0 Å². The van der Waals surface area contributed by atoms with Gasteiger partial charge in [0.25, 0.3) is 0 Å². The van der Waals surface area contributed by atoms with Gasteiger partial charge in [-0.15, -0.1) is 0 Å². The van der Waals surface area contributed by atoms with Crippen LogP contribution in [0.15, 0.2) is 211 Å². The molecule has 0 spiro atoms. The minimum atomic E-state index is 0.608. The molecule has 0 aliphatic rings. The van der Waals surface area contributed by atoms with Crippen LogP contribution >= 0.6 is 0 Å². The smallest absolute Gasteiger partial charge is 0.164 e. The second-order valence-corrected chi connectivity index (χ2v) is 13.6. The molecule has 0 unspecified atom stereocenters. The van der Waals surface area contributed by atoms with E-state index in [9.17, 15) is 0 Å². The zero-order valence-corrected chi connectivity index (χ0v) is 30.3. The first-order valence-electron chi connectivity index (χ1n) is 18.7. The summed E-state index contributed by atoms with van der Waals surface area (Å²) in [5, 5.41) is 2.09. The van der Waals surface area contributed by atoms with E-state index in [1.807, 2.05) is 72.8 Å². The fourth-order valence-electron chi connectivity index (χ4n) is 7.46. The first-order valence-corrected chi connectivity index (χ1v) is 18.7. The summed E-state index contributed by atoms with van der Waals surface area (Å²) in [5.74, 6) is 1.86. The second kappa shape index (κ2) is 14.3. The van der Waals surface area contributed by atoms with Gasteiger partial charge < -0.3 is 9.32 Å². The maximum Gasteiger partial charge on any atom is 0.164 e. The number of fused-ring (bicyclic) bond motifs is 3. The topological polar surface area (TPSA) is 55.1 Å². The quantitative estimate of drug-likeness (QED) is 0.157. The Labute approximate surface area is 324 Å². The van der Waals surface area contributed by atoms with E-state index in [-0.39, 0.29) is 0 Å². The van der Waals surface area contributed by atoms with Crippen molar-refractivity contribution < 1.29 is 4.42 Å². The van der Waals surface area contributed by atoms with Gasteiger partial charge in [0.15, 0.2) is 17.5 Å². The Morgan fingerprint density at radius 1 is 0.339 bits per heavy atom. The van der Waals surface area contributed by atoms with Gasteiger partial charge in [-0.25, -0.2) is 15.0 Å². The van der Waals surface area contributed by atoms with Gasteiger partial charge in [-0.2, -0.15) is 0 Å². The van der Waals surface area contributed by atoms with Gasteiger partial charge in [0.05, 0.1) is 11.1 Å². The highest BCUT2D eigenvalue weighted by atomic mass is 16.3. The molecule has 0 aliphatic carbocycles. The number of para-hydroxylation sites is 1. The molecule has 0 saturated heterocycles. The van der Waals surface area contributed by atoms with Crippen molar-refractivity contribution in [3.8, 4) is 56.4 Å². The summed E-state index contributed by atoms with van der Waals surface area (Å²) in [5.41, 5.74) is 11.9. The zero-order chi connectivity index (χ0) is 37.3. The van der Waals surface area contributed by atoms with Crippen LogP contribution in [-0.2, 0) is 0 Å². The van der Waals surface area contributed by atoms with E-state index in [2.05, 4.69) is 138 Å². The number of anilines is 3. The molecule has 0 radical (unpaired) electrons. The monoisotopic (exact) mass is 718 g/mol. The Morgan fingerprint density at radius 3 is 1.48 bits per heavy atom. The lowest BCUT2D eigenvalue weighted by atomic mass is 9.97. The van der Waals surface area contributed by atoms with Gasteiger partial charge in [-0.1, -0.05) is 158 Å². The van der Waals surface area contributed by atoms with E-state index in [1.54, 1.807) is 0 Å². The number of aromatic nitrogens is 3. The molecular weight excluding hydrogens is 685 g/mol. The molecule has 264 valence electrons. The maximum atomic E-state index is 6.69. The van der Waals surface area contributed by atoms with E-state index in [1.165, 1.54) is 11.1 Å². The Balaban J connectivity index is 1.09. The van der Waals surface area contributed by atoms with Crippen LogP contribution < -0.4 is 4.90 Å². The summed E-state index contributed by atoms with van der Waals surface area (Å²) in [6.45, 7) is 0. The van der Waals surface area contributed by atoms with Gasteiger partial charge in [0.2, 0.25) is 0 Å². The normalized spacial score (nSPS) is 11.2. The summed E-state index contributed by atoms with van der Waals surface area (Å²) in [6, 6.07) is 70.9. The highest BCUT2D eigenvalue weighted by Crippen LogP contribution is 2.44. The average molecular weight is 719 g/mol. The zero-order valence-electron chi connectivity index (χ0n) is 30.3. The maximum absolute atomic E-state index is 6.69. The Hall–Kier alpha value is -7.63. The second-order valence-electron chi connectivity index (χ2n) is 13.6. The standard InChI is InChI=1S/C51H34N4O/c1-5-16-35(17-6-1)36-28-31-41(32-29-36)55(40-22-11-4-12-23-40)45-26-15-27-46-48(45)44-33-30-39(34-47(44)56-46)42-24-13-14-25-43(42)51-53-49(37-18-7-2-8-19-37)52-50(54-51)38-20-9-3-10-21-38/h1-34H. The lowest BCUT2D eigenvalue weighted by Gasteiger charge is -2.26. The van der Waals surface area contributed by atoms with E-state index in [0.29, 0.717) is 17.5 Å². The first kappa shape index (κ1) is 33.0. The SMILES string of the molecule is c1ccc(-c2ccc(N(c3ccccc3)c3cccc4oc5cc(-c6ccccc6-c6nc(-c7ccccc7)nc(-c7ccccc7)n6)ccc5c34)cc2)cc1. The molecule has 5 nitrogen and oxygen atoms in total. The molecular formula is C51H34N4O. The molecule has 10 aromatic rings. The molecule has 0 saturated carbocycles. The fraction of sp³-hybridized carbons (Fsp3) is 0. The van der Waals surface area contributed by atoms with Crippen molar-refractivity contribution in [2.24, 2.45) is 0 Å². The molecule has 10 rings (SSSR count). The van der Waals surface area contributed by atoms with Crippen molar-refractivity contribution >= 4 is 39.0 Å². The molecule has 5 heteroatoms. The Bertz CT molecular complexity index is 2890. The Morgan fingerprint density at radius 2 is 0.839 bits per heavy atom. The van der Waals surface area contributed by atoms with Crippen molar-refractivity contribution in [1.82, 2.24) is 15.0 Å². The predicted octanol–water partition coefficient (Wildman–Crippen LogP) is 13.6.